The molecule has 0 aliphatic carbocycles. The second-order valence-electron chi connectivity index (χ2n) is 7.09. The van der Waals surface area contributed by atoms with Crippen LogP contribution in [0, 0.1) is 6.92 Å². The van der Waals surface area contributed by atoms with E-state index in [2.05, 4.69) is 0 Å². The number of likely N-dealkylation sites (N-methyl/N-ethyl adjacent to an activating group) is 1. The molecule has 1 saturated heterocycles. The zero-order valence-corrected chi connectivity index (χ0v) is 17.6. The van der Waals surface area contributed by atoms with Crippen molar-refractivity contribution in [1.82, 2.24) is 4.90 Å². The maximum atomic E-state index is 12.3. The van der Waals surface area contributed by atoms with Gasteiger partial charge in [-0.3, -0.25) is 4.79 Å². The van der Waals surface area contributed by atoms with E-state index in [0.717, 1.165) is 10.9 Å². The maximum Gasteiger partial charge on any atom is 0.344 e. The topological polar surface area (TPSA) is 120 Å². The summed E-state index contributed by atoms with van der Waals surface area (Å²) in [4.78, 5) is 37.2. The third kappa shape index (κ3) is 5.18. The van der Waals surface area contributed by atoms with E-state index in [0.29, 0.717) is 24.3 Å². The normalized spacial score (nSPS) is 17.6. The first-order valence-electron chi connectivity index (χ1n) is 9.51. The minimum Gasteiger partial charge on any atom is -0.482 e. The Labute approximate surface area is 173 Å². The predicted octanol–water partition coefficient (Wildman–Crippen LogP) is 1.06. The zero-order chi connectivity index (χ0) is 21.9. The summed E-state index contributed by atoms with van der Waals surface area (Å²) >= 11 is 0. The van der Waals surface area contributed by atoms with Crippen LogP contribution in [-0.4, -0.2) is 62.5 Å². The molecule has 1 amide bonds. The standard InChI is InChI=1S/C20H23NO8S/c1-3-21(14-6-7-30(25,26)12-14)18(22)10-28-20(24)11-27-15-4-5-16-13(2)8-19(23)29-17(16)9-15/h4-5,8-9,14H,3,6-7,10-12H2,1-2H3/t14-/m0/s1. The highest BCUT2D eigenvalue weighted by Gasteiger charge is 2.34. The summed E-state index contributed by atoms with van der Waals surface area (Å²) < 4.78 is 38.7. The minimum absolute atomic E-state index is 0.0560. The Hall–Kier alpha value is -2.88. The Kier molecular flexibility index (Phi) is 6.45. The summed E-state index contributed by atoms with van der Waals surface area (Å²) in [6, 6.07) is 5.84. The first-order valence-corrected chi connectivity index (χ1v) is 11.3. The van der Waals surface area contributed by atoms with E-state index in [9.17, 15) is 22.8 Å². The van der Waals surface area contributed by atoms with Crippen molar-refractivity contribution < 1.29 is 31.9 Å². The fourth-order valence-electron chi connectivity index (χ4n) is 3.46. The Bertz CT molecular complexity index is 1120. The molecule has 1 atom stereocenters. The Balaban J connectivity index is 1.52. The molecule has 1 fully saturated rings. The van der Waals surface area contributed by atoms with Crippen molar-refractivity contribution in [2.24, 2.45) is 0 Å². The maximum absolute atomic E-state index is 12.3. The number of nitrogens with zero attached hydrogens (tertiary/aromatic N) is 1. The van der Waals surface area contributed by atoms with Crippen LogP contribution in [0.1, 0.15) is 18.9 Å². The van der Waals surface area contributed by atoms with Crippen LogP contribution in [0.3, 0.4) is 0 Å². The van der Waals surface area contributed by atoms with Crippen molar-refractivity contribution in [1.29, 1.82) is 0 Å². The zero-order valence-electron chi connectivity index (χ0n) is 16.8. The first kappa shape index (κ1) is 21.8. The predicted molar refractivity (Wildman–Crippen MR) is 108 cm³/mol. The van der Waals surface area contributed by atoms with Crippen LogP contribution in [0.2, 0.25) is 0 Å². The SMILES string of the molecule is CCN(C(=O)COC(=O)COc1ccc2c(C)cc(=O)oc2c1)[C@H]1CCS(=O)(=O)C1. The number of carbonyl (C=O) groups excluding carboxylic acids is 2. The lowest BCUT2D eigenvalue weighted by atomic mass is 10.1. The number of benzene rings is 1. The second-order valence-corrected chi connectivity index (χ2v) is 9.32. The number of ether oxygens (including phenoxy) is 2. The fraction of sp³-hybridized carbons (Fsp3) is 0.450. The van der Waals surface area contributed by atoms with E-state index in [1.807, 2.05) is 0 Å². The molecule has 0 bridgehead atoms. The van der Waals surface area contributed by atoms with Crippen LogP contribution in [0.25, 0.3) is 11.0 Å². The van der Waals surface area contributed by atoms with Gasteiger partial charge in [-0.15, -0.1) is 0 Å². The average Bonchev–Trinajstić information content (AvgIpc) is 3.04. The monoisotopic (exact) mass is 437 g/mol. The lowest BCUT2D eigenvalue weighted by Crippen LogP contribution is -2.43. The smallest absolute Gasteiger partial charge is 0.344 e. The summed E-state index contributed by atoms with van der Waals surface area (Å²) in [7, 11) is -3.12. The average molecular weight is 437 g/mol. The molecular formula is C20H23NO8S. The summed E-state index contributed by atoms with van der Waals surface area (Å²) in [5, 5.41) is 0.753. The summed E-state index contributed by atoms with van der Waals surface area (Å²) in [6.45, 7) is 2.94. The van der Waals surface area contributed by atoms with Gasteiger partial charge in [0.15, 0.2) is 23.1 Å². The number of esters is 1. The molecule has 10 heteroatoms. The number of hydrogen-bond acceptors (Lipinski definition) is 8. The molecule has 0 spiro atoms. The lowest BCUT2D eigenvalue weighted by molar-refractivity contribution is -0.154. The van der Waals surface area contributed by atoms with Gasteiger partial charge in [-0.1, -0.05) is 0 Å². The molecule has 2 aromatic rings. The molecule has 30 heavy (non-hydrogen) atoms. The third-order valence-electron chi connectivity index (χ3n) is 4.95. The minimum atomic E-state index is -3.12. The van der Waals surface area contributed by atoms with Crippen LogP contribution in [-0.2, 0) is 24.2 Å². The molecule has 9 nitrogen and oxygen atoms in total. The van der Waals surface area contributed by atoms with E-state index in [4.69, 9.17) is 13.9 Å². The van der Waals surface area contributed by atoms with Crippen molar-refractivity contribution in [3.63, 3.8) is 0 Å². The molecule has 0 radical (unpaired) electrons. The largest absolute Gasteiger partial charge is 0.482 e. The quantitative estimate of drug-likeness (QED) is 0.466. The molecule has 1 aliphatic rings. The highest BCUT2D eigenvalue weighted by atomic mass is 32.2. The van der Waals surface area contributed by atoms with Gasteiger partial charge in [-0.05, 0) is 38.0 Å². The van der Waals surface area contributed by atoms with E-state index in [1.54, 1.807) is 26.0 Å². The molecule has 162 valence electrons. The molecule has 2 heterocycles. The van der Waals surface area contributed by atoms with Gasteiger partial charge in [0, 0.05) is 30.1 Å². The van der Waals surface area contributed by atoms with E-state index in [-0.39, 0.29) is 11.5 Å². The number of rotatable bonds is 7. The summed E-state index contributed by atoms with van der Waals surface area (Å²) in [5.41, 5.74) is 0.623. The number of aryl methyl sites for hydroxylation is 1. The Morgan fingerprint density at radius 3 is 2.67 bits per heavy atom. The Morgan fingerprint density at radius 1 is 1.23 bits per heavy atom. The molecule has 0 saturated carbocycles. The molecule has 0 N–H and O–H groups in total. The number of hydrogen-bond donors (Lipinski definition) is 0. The molecule has 1 aromatic carbocycles. The van der Waals surface area contributed by atoms with Gasteiger partial charge in [0.05, 0.1) is 11.5 Å². The molecule has 3 rings (SSSR count). The van der Waals surface area contributed by atoms with Gasteiger partial charge >= 0.3 is 11.6 Å². The van der Waals surface area contributed by atoms with E-state index >= 15 is 0 Å². The molecule has 1 aliphatic heterocycles. The fourth-order valence-corrected chi connectivity index (χ4v) is 5.19. The number of amides is 1. The van der Waals surface area contributed by atoms with Crippen LogP contribution >= 0.6 is 0 Å². The third-order valence-corrected chi connectivity index (χ3v) is 6.70. The summed E-state index contributed by atoms with van der Waals surface area (Å²) in [5.74, 6) is -0.896. The summed E-state index contributed by atoms with van der Waals surface area (Å²) in [6.07, 6.45) is 0.385. The van der Waals surface area contributed by atoms with Crippen molar-refractivity contribution in [2.75, 3.05) is 31.3 Å². The number of fused-ring (bicyclic) bond motifs is 1. The van der Waals surface area contributed by atoms with Crippen LogP contribution < -0.4 is 10.4 Å². The van der Waals surface area contributed by atoms with Gasteiger partial charge in [-0.2, -0.15) is 0 Å². The van der Waals surface area contributed by atoms with Gasteiger partial charge < -0.3 is 18.8 Å². The van der Waals surface area contributed by atoms with Crippen molar-refractivity contribution in [2.45, 2.75) is 26.3 Å². The first-order chi connectivity index (χ1) is 14.2. The molecule has 1 aromatic heterocycles. The van der Waals surface area contributed by atoms with Gasteiger partial charge in [-0.25, -0.2) is 18.0 Å². The second kappa shape index (κ2) is 8.86. The van der Waals surface area contributed by atoms with E-state index < -0.39 is 46.6 Å². The molecule has 0 unspecified atom stereocenters. The van der Waals surface area contributed by atoms with Crippen molar-refractivity contribution in [3.05, 3.63) is 40.2 Å². The number of carbonyl (C=O) groups is 2. The van der Waals surface area contributed by atoms with Gasteiger partial charge in [0.1, 0.15) is 11.3 Å². The highest BCUT2D eigenvalue weighted by molar-refractivity contribution is 7.91. The highest BCUT2D eigenvalue weighted by Crippen LogP contribution is 2.22. The van der Waals surface area contributed by atoms with Crippen molar-refractivity contribution in [3.8, 4) is 5.75 Å². The van der Waals surface area contributed by atoms with E-state index in [1.165, 1.54) is 17.0 Å². The van der Waals surface area contributed by atoms with Crippen molar-refractivity contribution >= 4 is 32.7 Å². The van der Waals surface area contributed by atoms with Gasteiger partial charge in [0.25, 0.3) is 5.91 Å². The van der Waals surface area contributed by atoms with Crippen LogP contribution in [0.4, 0.5) is 0 Å². The van der Waals surface area contributed by atoms with Crippen LogP contribution in [0.15, 0.2) is 33.5 Å². The van der Waals surface area contributed by atoms with Gasteiger partial charge in [0.2, 0.25) is 0 Å². The Morgan fingerprint density at radius 2 is 2.00 bits per heavy atom. The van der Waals surface area contributed by atoms with Crippen LogP contribution in [0.5, 0.6) is 5.75 Å². The lowest BCUT2D eigenvalue weighted by Gasteiger charge is -2.26. The number of sulfone groups is 1. The molecular weight excluding hydrogens is 414 g/mol.